The molecule has 0 saturated carbocycles. The lowest BCUT2D eigenvalue weighted by molar-refractivity contribution is 0.737. The molecule has 17 heavy (non-hydrogen) atoms. The Morgan fingerprint density at radius 1 is 1.35 bits per heavy atom. The van der Waals surface area contributed by atoms with Crippen LogP contribution >= 0.6 is 0 Å². The first-order chi connectivity index (χ1) is 8.31. The van der Waals surface area contributed by atoms with Crippen LogP contribution in [0.1, 0.15) is 32.6 Å². The summed E-state index contributed by atoms with van der Waals surface area (Å²) < 4.78 is 0. The minimum Gasteiger partial charge on any atom is -0.355 e. The number of hydrogen-bond donors (Lipinski definition) is 0. The average Bonchev–Trinajstić information content (AvgIpc) is 2.90. The predicted octanol–water partition coefficient (Wildman–Crippen LogP) is 1.71. The Bertz CT molecular complexity index is 349. The van der Waals surface area contributed by atoms with Crippen LogP contribution in [-0.4, -0.2) is 41.9 Å². The van der Waals surface area contributed by atoms with Crippen LogP contribution in [0.15, 0.2) is 6.20 Å². The first-order valence-electron chi connectivity index (χ1n) is 6.47. The van der Waals surface area contributed by atoms with Crippen molar-refractivity contribution in [2.45, 2.75) is 32.6 Å². The summed E-state index contributed by atoms with van der Waals surface area (Å²) in [7, 11) is 2.03. The van der Waals surface area contributed by atoms with Gasteiger partial charge in [0.2, 0.25) is 5.95 Å². The Kier molecular flexibility index (Phi) is 4.12. The number of nitrogens with zero attached hydrogens (tertiary/aromatic N) is 5. The number of anilines is 2. The smallest absolute Gasteiger partial charge is 0.247 e. The second-order valence-electron chi connectivity index (χ2n) is 4.58. The van der Waals surface area contributed by atoms with Crippen molar-refractivity contribution in [1.29, 1.82) is 0 Å². The molecule has 0 radical (unpaired) electrons. The molecule has 1 aromatic heterocycles. The molecule has 0 aromatic carbocycles. The van der Waals surface area contributed by atoms with Crippen molar-refractivity contribution in [1.82, 2.24) is 15.2 Å². The standard InChI is InChI=1S/C12H21N5/c1-3-4-7-16(2)12-14-11(10-13-15-12)17-8-5-6-9-17/h10H,3-9H2,1-2H3. The van der Waals surface area contributed by atoms with Crippen molar-refractivity contribution < 1.29 is 0 Å². The minimum absolute atomic E-state index is 0.739. The highest BCUT2D eigenvalue weighted by Crippen LogP contribution is 2.18. The topological polar surface area (TPSA) is 45.2 Å². The maximum absolute atomic E-state index is 4.59. The normalized spacial score (nSPS) is 15.3. The zero-order valence-electron chi connectivity index (χ0n) is 10.8. The zero-order chi connectivity index (χ0) is 12.1. The van der Waals surface area contributed by atoms with Gasteiger partial charge in [-0.3, -0.25) is 0 Å². The molecule has 0 unspecified atom stereocenters. The van der Waals surface area contributed by atoms with E-state index in [9.17, 15) is 0 Å². The maximum Gasteiger partial charge on any atom is 0.247 e. The molecule has 2 rings (SSSR count). The van der Waals surface area contributed by atoms with Crippen LogP contribution in [0.5, 0.6) is 0 Å². The van der Waals surface area contributed by atoms with Crippen LogP contribution in [0.25, 0.3) is 0 Å². The van der Waals surface area contributed by atoms with Gasteiger partial charge in [-0.25, -0.2) is 0 Å². The van der Waals surface area contributed by atoms with Gasteiger partial charge in [-0.1, -0.05) is 13.3 Å². The fourth-order valence-electron chi connectivity index (χ4n) is 2.04. The summed E-state index contributed by atoms with van der Waals surface area (Å²) in [6.07, 6.45) is 6.62. The summed E-state index contributed by atoms with van der Waals surface area (Å²) in [4.78, 5) is 8.95. The third-order valence-electron chi connectivity index (χ3n) is 3.15. The molecule has 0 N–H and O–H groups in total. The summed E-state index contributed by atoms with van der Waals surface area (Å²) in [5, 5.41) is 8.16. The van der Waals surface area contributed by atoms with E-state index in [1.165, 1.54) is 19.3 Å². The Balaban J connectivity index is 2.05. The van der Waals surface area contributed by atoms with E-state index in [2.05, 4.69) is 31.9 Å². The monoisotopic (exact) mass is 235 g/mol. The van der Waals surface area contributed by atoms with Crippen LogP contribution in [0.3, 0.4) is 0 Å². The lowest BCUT2D eigenvalue weighted by Crippen LogP contribution is -2.24. The summed E-state index contributed by atoms with van der Waals surface area (Å²) in [5.74, 6) is 1.71. The quantitative estimate of drug-likeness (QED) is 0.777. The molecular weight excluding hydrogens is 214 g/mol. The highest BCUT2D eigenvalue weighted by Gasteiger charge is 2.15. The summed E-state index contributed by atoms with van der Waals surface area (Å²) in [6, 6.07) is 0. The lowest BCUT2D eigenvalue weighted by atomic mass is 10.3. The molecule has 0 atom stereocenters. The van der Waals surface area contributed by atoms with E-state index in [0.29, 0.717) is 0 Å². The average molecular weight is 235 g/mol. The van der Waals surface area contributed by atoms with Gasteiger partial charge in [-0.15, -0.1) is 5.10 Å². The SMILES string of the molecule is CCCCN(C)c1nncc(N2CCCC2)n1. The number of rotatable bonds is 5. The first kappa shape index (κ1) is 12.1. The number of aromatic nitrogens is 3. The molecule has 1 aromatic rings. The van der Waals surface area contributed by atoms with Crippen LogP contribution in [0.2, 0.25) is 0 Å². The molecule has 0 amide bonds. The lowest BCUT2D eigenvalue weighted by Gasteiger charge is -2.19. The molecule has 1 aliphatic rings. The number of hydrogen-bond acceptors (Lipinski definition) is 5. The second-order valence-corrected chi connectivity index (χ2v) is 4.58. The highest BCUT2D eigenvalue weighted by atomic mass is 15.3. The van der Waals surface area contributed by atoms with Crippen molar-refractivity contribution in [2.75, 3.05) is 36.5 Å². The molecule has 1 fully saturated rings. The third-order valence-corrected chi connectivity index (χ3v) is 3.15. The van der Waals surface area contributed by atoms with Crippen molar-refractivity contribution in [3.63, 3.8) is 0 Å². The van der Waals surface area contributed by atoms with Crippen molar-refractivity contribution in [3.05, 3.63) is 6.20 Å². The van der Waals surface area contributed by atoms with Crippen LogP contribution in [-0.2, 0) is 0 Å². The van der Waals surface area contributed by atoms with E-state index >= 15 is 0 Å². The van der Waals surface area contributed by atoms with E-state index in [1.54, 1.807) is 6.20 Å². The van der Waals surface area contributed by atoms with Gasteiger partial charge in [0.25, 0.3) is 0 Å². The molecule has 0 aliphatic carbocycles. The molecular formula is C12H21N5. The summed E-state index contributed by atoms with van der Waals surface area (Å²) in [6.45, 7) is 5.36. The van der Waals surface area contributed by atoms with E-state index in [0.717, 1.165) is 37.8 Å². The van der Waals surface area contributed by atoms with E-state index in [1.807, 2.05) is 7.05 Å². The van der Waals surface area contributed by atoms with Gasteiger partial charge in [0.15, 0.2) is 5.82 Å². The Morgan fingerprint density at radius 2 is 2.12 bits per heavy atom. The summed E-state index contributed by atoms with van der Waals surface area (Å²) in [5.41, 5.74) is 0. The maximum atomic E-state index is 4.59. The second kappa shape index (κ2) is 5.80. The van der Waals surface area contributed by atoms with Gasteiger partial charge in [0.1, 0.15) is 0 Å². The van der Waals surface area contributed by atoms with Crippen LogP contribution < -0.4 is 9.80 Å². The highest BCUT2D eigenvalue weighted by molar-refractivity contribution is 5.41. The Morgan fingerprint density at radius 3 is 2.82 bits per heavy atom. The van der Waals surface area contributed by atoms with Crippen molar-refractivity contribution in [3.8, 4) is 0 Å². The largest absolute Gasteiger partial charge is 0.355 e. The molecule has 5 nitrogen and oxygen atoms in total. The molecule has 0 bridgehead atoms. The van der Waals surface area contributed by atoms with Gasteiger partial charge in [0, 0.05) is 26.7 Å². The van der Waals surface area contributed by atoms with Gasteiger partial charge in [-0.2, -0.15) is 10.1 Å². The fraction of sp³-hybridized carbons (Fsp3) is 0.750. The summed E-state index contributed by atoms with van der Waals surface area (Å²) >= 11 is 0. The first-order valence-corrected chi connectivity index (χ1v) is 6.47. The Hall–Kier alpha value is -1.39. The number of unbranched alkanes of at least 4 members (excludes halogenated alkanes) is 1. The van der Waals surface area contributed by atoms with Gasteiger partial charge in [0.05, 0.1) is 6.20 Å². The third kappa shape index (κ3) is 3.05. The van der Waals surface area contributed by atoms with E-state index < -0.39 is 0 Å². The molecule has 1 aliphatic heterocycles. The predicted molar refractivity (Wildman–Crippen MR) is 69.5 cm³/mol. The fourth-order valence-corrected chi connectivity index (χ4v) is 2.04. The molecule has 94 valence electrons. The Labute approximate surface area is 103 Å². The molecule has 1 saturated heterocycles. The van der Waals surface area contributed by atoms with E-state index in [-0.39, 0.29) is 0 Å². The van der Waals surface area contributed by atoms with Crippen molar-refractivity contribution >= 4 is 11.8 Å². The van der Waals surface area contributed by atoms with Gasteiger partial charge >= 0.3 is 0 Å². The van der Waals surface area contributed by atoms with Crippen molar-refractivity contribution in [2.24, 2.45) is 0 Å². The van der Waals surface area contributed by atoms with E-state index in [4.69, 9.17) is 0 Å². The molecule has 0 spiro atoms. The molecule has 5 heteroatoms. The van der Waals surface area contributed by atoms with Crippen LogP contribution in [0.4, 0.5) is 11.8 Å². The molecule has 2 heterocycles. The van der Waals surface area contributed by atoms with Crippen LogP contribution in [0, 0.1) is 0 Å². The van der Waals surface area contributed by atoms with Gasteiger partial charge in [-0.05, 0) is 19.3 Å². The zero-order valence-corrected chi connectivity index (χ0v) is 10.8. The van der Waals surface area contributed by atoms with Gasteiger partial charge < -0.3 is 9.80 Å². The minimum atomic E-state index is 0.739.